The second kappa shape index (κ2) is 6.50. The molecule has 0 aliphatic carbocycles. The molecule has 4 N–H and O–H groups in total. The van der Waals surface area contributed by atoms with E-state index in [2.05, 4.69) is 10.6 Å². The van der Waals surface area contributed by atoms with E-state index in [-0.39, 0.29) is 29.9 Å². The van der Waals surface area contributed by atoms with Crippen LogP contribution in [-0.4, -0.2) is 47.7 Å². The number of carbonyl (C=O) groups excluding carboxylic acids is 4. The normalized spacial score (nSPS) is 20.4. The smallest absolute Gasteiger partial charge is 0.262 e. The minimum absolute atomic E-state index is 0.109. The Kier molecular flexibility index (Phi) is 4.41. The van der Waals surface area contributed by atoms with Crippen molar-refractivity contribution in [3.63, 3.8) is 0 Å². The van der Waals surface area contributed by atoms with Crippen LogP contribution in [0.2, 0.25) is 0 Å². The molecular formula is C16H18N4O4. The van der Waals surface area contributed by atoms with E-state index in [1.54, 1.807) is 18.2 Å². The Balaban J connectivity index is 1.83. The number of fused-ring (bicyclic) bond motifs is 1. The first-order valence-electron chi connectivity index (χ1n) is 7.78. The molecule has 24 heavy (non-hydrogen) atoms. The van der Waals surface area contributed by atoms with Gasteiger partial charge in [0.2, 0.25) is 11.8 Å². The lowest BCUT2D eigenvalue weighted by Gasteiger charge is -2.27. The molecule has 3 rings (SSSR count). The number of nitrogens with one attached hydrogen (secondary N) is 2. The first-order valence-corrected chi connectivity index (χ1v) is 7.78. The minimum Gasteiger partial charge on any atom is -0.329 e. The molecule has 1 aromatic rings. The van der Waals surface area contributed by atoms with Gasteiger partial charge in [-0.25, -0.2) is 0 Å². The summed E-state index contributed by atoms with van der Waals surface area (Å²) in [5.41, 5.74) is 6.85. The third kappa shape index (κ3) is 2.81. The number of benzene rings is 1. The maximum absolute atomic E-state index is 12.6. The van der Waals surface area contributed by atoms with Crippen molar-refractivity contribution < 1.29 is 19.2 Å². The van der Waals surface area contributed by atoms with Gasteiger partial charge >= 0.3 is 0 Å². The highest BCUT2D eigenvalue weighted by atomic mass is 16.2. The highest BCUT2D eigenvalue weighted by molar-refractivity contribution is 6.23. The van der Waals surface area contributed by atoms with Gasteiger partial charge in [-0.3, -0.25) is 29.4 Å². The largest absolute Gasteiger partial charge is 0.329 e. The lowest BCUT2D eigenvalue weighted by Crippen LogP contribution is -2.54. The summed E-state index contributed by atoms with van der Waals surface area (Å²) < 4.78 is 0. The number of amides is 4. The topological polar surface area (TPSA) is 122 Å². The first-order chi connectivity index (χ1) is 11.5. The number of imide groups is 2. The fourth-order valence-electron chi connectivity index (χ4n) is 2.96. The van der Waals surface area contributed by atoms with Gasteiger partial charge in [-0.2, -0.15) is 0 Å². The molecule has 1 atom stereocenters. The van der Waals surface area contributed by atoms with Gasteiger partial charge in [0.25, 0.3) is 11.8 Å². The van der Waals surface area contributed by atoms with Gasteiger partial charge in [0, 0.05) is 26.1 Å². The standard InChI is InChI=1S/C16H18N4O4/c17-5-6-18-8-9-1-2-10-11(7-9)16(24)20(15(10)23)12-3-4-13(21)19-14(12)22/h1-2,7,12,18H,3-6,8,17H2,(H,19,21,22). The Morgan fingerprint density at radius 2 is 1.92 bits per heavy atom. The third-order valence-corrected chi connectivity index (χ3v) is 4.15. The highest BCUT2D eigenvalue weighted by Crippen LogP contribution is 2.28. The van der Waals surface area contributed by atoms with Crippen molar-refractivity contribution in [2.45, 2.75) is 25.4 Å². The van der Waals surface area contributed by atoms with E-state index in [1.807, 2.05) is 0 Å². The molecule has 0 saturated carbocycles. The van der Waals surface area contributed by atoms with E-state index >= 15 is 0 Å². The van der Waals surface area contributed by atoms with Gasteiger partial charge in [-0.1, -0.05) is 6.07 Å². The van der Waals surface area contributed by atoms with Crippen LogP contribution in [-0.2, 0) is 16.1 Å². The van der Waals surface area contributed by atoms with Gasteiger partial charge < -0.3 is 11.1 Å². The molecule has 2 heterocycles. The zero-order valence-electron chi connectivity index (χ0n) is 13.0. The number of piperidine rings is 1. The Bertz CT molecular complexity index is 731. The summed E-state index contributed by atoms with van der Waals surface area (Å²) in [5.74, 6) is -1.98. The molecule has 2 aliphatic rings. The molecule has 1 aromatic carbocycles. The summed E-state index contributed by atoms with van der Waals surface area (Å²) in [7, 11) is 0. The second-order valence-corrected chi connectivity index (χ2v) is 5.79. The number of rotatable bonds is 5. The van der Waals surface area contributed by atoms with Crippen molar-refractivity contribution in [1.82, 2.24) is 15.5 Å². The Morgan fingerprint density at radius 1 is 1.17 bits per heavy atom. The molecule has 0 radical (unpaired) electrons. The summed E-state index contributed by atoms with van der Waals surface area (Å²) in [6, 6.07) is 4.09. The molecular weight excluding hydrogens is 312 g/mol. The Labute approximate surface area is 138 Å². The second-order valence-electron chi connectivity index (χ2n) is 5.79. The van der Waals surface area contributed by atoms with Crippen molar-refractivity contribution in [2.24, 2.45) is 5.73 Å². The van der Waals surface area contributed by atoms with Crippen LogP contribution in [0.25, 0.3) is 0 Å². The molecule has 126 valence electrons. The summed E-state index contributed by atoms with van der Waals surface area (Å²) in [6.45, 7) is 1.68. The van der Waals surface area contributed by atoms with Gasteiger partial charge in [-0.05, 0) is 24.1 Å². The number of carbonyl (C=O) groups is 4. The fourth-order valence-corrected chi connectivity index (χ4v) is 2.96. The molecule has 0 spiro atoms. The molecule has 8 nitrogen and oxygen atoms in total. The predicted molar refractivity (Wildman–Crippen MR) is 83.9 cm³/mol. The molecule has 0 bridgehead atoms. The van der Waals surface area contributed by atoms with E-state index < -0.39 is 23.8 Å². The number of nitrogens with zero attached hydrogens (tertiary/aromatic N) is 1. The monoisotopic (exact) mass is 330 g/mol. The molecule has 0 aromatic heterocycles. The van der Waals surface area contributed by atoms with E-state index in [1.165, 1.54) is 0 Å². The van der Waals surface area contributed by atoms with E-state index in [9.17, 15) is 19.2 Å². The number of hydrogen-bond acceptors (Lipinski definition) is 6. The minimum atomic E-state index is -0.936. The summed E-state index contributed by atoms with van der Waals surface area (Å²) in [5, 5.41) is 5.29. The molecule has 2 aliphatic heterocycles. The zero-order valence-corrected chi connectivity index (χ0v) is 13.0. The zero-order chi connectivity index (χ0) is 17.3. The molecule has 8 heteroatoms. The van der Waals surface area contributed by atoms with Crippen LogP contribution >= 0.6 is 0 Å². The Hall–Kier alpha value is -2.58. The van der Waals surface area contributed by atoms with Crippen LogP contribution < -0.4 is 16.4 Å². The van der Waals surface area contributed by atoms with Crippen LogP contribution in [0, 0.1) is 0 Å². The fraction of sp³-hybridized carbons (Fsp3) is 0.375. The molecule has 4 amide bonds. The quantitative estimate of drug-likeness (QED) is 0.477. The van der Waals surface area contributed by atoms with Crippen molar-refractivity contribution in [3.8, 4) is 0 Å². The number of hydrogen-bond donors (Lipinski definition) is 3. The summed E-state index contributed by atoms with van der Waals surface area (Å²) in [6.07, 6.45) is 0.263. The Morgan fingerprint density at radius 3 is 2.62 bits per heavy atom. The lowest BCUT2D eigenvalue weighted by molar-refractivity contribution is -0.136. The van der Waals surface area contributed by atoms with E-state index in [0.717, 1.165) is 10.5 Å². The SMILES string of the molecule is NCCNCc1ccc2c(c1)C(=O)N(C1CCC(=O)NC1=O)C2=O. The van der Waals surface area contributed by atoms with Crippen molar-refractivity contribution in [3.05, 3.63) is 34.9 Å². The molecule has 1 unspecified atom stereocenters. The van der Waals surface area contributed by atoms with Crippen LogP contribution in [0.1, 0.15) is 39.1 Å². The van der Waals surface area contributed by atoms with Crippen molar-refractivity contribution in [1.29, 1.82) is 0 Å². The third-order valence-electron chi connectivity index (χ3n) is 4.15. The van der Waals surface area contributed by atoms with Crippen molar-refractivity contribution >= 4 is 23.6 Å². The van der Waals surface area contributed by atoms with Crippen LogP contribution in [0.15, 0.2) is 18.2 Å². The van der Waals surface area contributed by atoms with Gasteiger partial charge in [0.05, 0.1) is 11.1 Å². The van der Waals surface area contributed by atoms with Gasteiger partial charge in [0.15, 0.2) is 0 Å². The maximum atomic E-state index is 12.6. The lowest BCUT2D eigenvalue weighted by atomic mass is 10.0. The van der Waals surface area contributed by atoms with Crippen LogP contribution in [0.4, 0.5) is 0 Å². The highest BCUT2D eigenvalue weighted by Gasteiger charge is 2.44. The van der Waals surface area contributed by atoms with Crippen LogP contribution in [0.3, 0.4) is 0 Å². The van der Waals surface area contributed by atoms with Gasteiger partial charge in [-0.15, -0.1) is 0 Å². The molecule has 1 saturated heterocycles. The average molecular weight is 330 g/mol. The van der Waals surface area contributed by atoms with E-state index in [4.69, 9.17) is 5.73 Å². The maximum Gasteiger partial charge on any atom is 0.262 e. The predicted octanol–water partition coefficient (Wildman–Crippen LogP) is -0.864. The molecule has 1 fully saturated rings. The van der Waals surface area contributed by atoms with Crippen LogP contribution in [0.5, 0.6) is 0 Å². The van der Waals surface area contributed by atoms with E-state index in [0.29, 0.717) is 19.6 Å². The van der Waals surface area contributed by atoms with Crippen molar-refractivity contribution in [2.75, 3.05) is 13.1 Å². The number of nitrogens with two attached hydrogens (primary N) is 1. The first kappa shape index (κ1) is 16.3. The summed E-state index contributed by atoms with van der Waals surface area (Å²) in [4.78, 5) is 49.3. The van der Waals surface area contributed by atoms with Gasteiger partial charge in [0.1, 0.15) is 6.04 Å². The average Bonchev–Trinajstić information content (AvgIpc) is 2.80. The summed E-state index contributed by atoms with van der Waals surface area (Å²) >= 11 is 0.